The third-order valence-corrected chi connectivity index (χ3v) is 6.37. The van der Waals surface area contributed by atoms with Gasteiger partial charge in [0.2, 0.25) is 0 Å². The Hall–Kier alpha value is -0.0400. The SMILES string of the molecule is CC12CC3CC(C)(C1)CC(CC(O)C(C)(C)C)(C3)C2. The van der Waals surface area contributed by atoms with Gasteiger partial charge in [0.25, 0.3) is 0 Å². The van der Waals surface area contributed by atoms with Crippen LogP contribution in [-0.4, -0.2) is 11.2 Å². The molecule has 0 aromatic rings. The Bertz CT molecular complexity index is 360. The molecule has 4 fully saturated rings. The van der Waals surface area contributed by atoms with E-state index in [1.165, 1.54) is 38.5 Å². The van der Waals surface area contributed by atoms with Gasteiger partial charge in [-0.2, -0.15) is 0 Å². The van der Waals surface area contributed by atoms with Gasteiger partial charge in [0.15, 0.2) is 0 Å². The van der Waals surface area contributed by atoms with Gasteiger partial charge in [-0.15, -0.1) is 0 Å². The third-order valence-electron chi connectivity index (χ3n) is 6.37. The molecule has 4 aliphatic rings. The second-order valence-corrected chi connectivity index (χ2v) is 10.2. The summed E-state index contributed by atoms with van der Waals surface area (Å²) in [5, 5.41) is 10.6. The highest BCUT2D eigenvalue weighted by molar-refractivity contribution is 5.11. The minimum atomic E-state index is -0.143. The fourth-order valence-corrected chi connectivity index (χ4v) is 6.63. The Kier molecular flexibility index (Phi) is 2.77. The van der Waals surface area contributed by atoms with E-state index in [0.29, 0.717) is 16.2 Å². The van der Waals surface area contributed by atoms with E-state index in [1.54, 1.807) is 0 Å². The molecule has 0 spiro atoms. The third kappa shape index (κ3) is 2.37. The summed E-state index contributed by atoms with van der Waals surface area (Å²) in [6, 6.07) is 0. The van der Waals surface area contributed by atoms with Crippen LogP contribution in [0.25, 0.3) is 0 Å². The standard InChI is InChI=1S/C18H32O/c1-15(2,3)14(19)9-18-8-13-6-16(4,11-18)10-17(5,7-13)12-18/h13-14,19H,6-12H2,1-5H3. The van der Waals surface area contributed by atoms with Crippen molar-refractivity contribution in [3.63, 3.8) is 0 Å². The highest BCUT2D eigenvalue weighted by atomic mass is 16.3. The van der Waals surface area contributed by atoms with Crippen molar-refractivity contribution < 1.29 is 5.11 Å². The van der Waals surface area contributed by atoms with Gasteiger partial charge in [-0.3, -0.25) is 0 Å². The fourth-order valence-electron chi connectivity index (χ4n) is 6.63. The van der Waals surface area contributed by atoms with Crippen LogP contribution in [0.2, 0.25) is 0 Å². The van der Waals surface area contributed by atoms with Crippen molar-refractivity contribution in [3.05, 3.63) is 0 Å². The summed E-state index contributed by atoms with van der Waals surface area (Å²) in [6.07, 6.45) is 9.38. The maximum absolute atomic E-state index is 10.6. The zero-order valence-corrected chi connectivity index (χ0v) is 13.6. The molecule has 4 aliphatic carbocycles. The first-order chi connectivity index (χ1) is 8.53. The molecule has 0 heterocycles. The largest absolute Gasteiger partial charge is 0.393 e. The smallest absolute Gasteiger partial charge is 0.0593 e. The molecule has 0 aliphatic heterocycles. The van der Waals surface area contributed by atoms with E-state index in [4.69, 9.17) is 0 Å². The van der Waals surface area contributed by atoms with Crippen LogP contribution in [-0.2, 0) is 0 Å². The second kappa shape index (κ2) is 3.78. The van der Waals surface area contributed by atoms with Crippen molar-refractivity contribution in [1.29, 1.82) is 0 Å². The molecule has 1 heteroatoms. The molecule has 3 unspecified atom stereocenters. The second-order valence-electron chi connectivity index (χ2n) is 10.2. The van der Waals surface area contributed by atoms with Crippen LogP contribution < -0.4 is 0 Å². The molecule has 4 rings (SSSR count). The van der Waals surface area contributed by atoms with Crippen LogP contribution in [0.1, 0.15) is 79.6 Å². The maximum Gasteiger partial charge on any atom is 0.0593 e. The lowest BCUT2D eigenvalue weighted by molar-refractivity contribution is -0.162. The Balaban J connectivity index is 1.85. The zero-order chi connectivity index (χ0) is 14.1. The Labute approximate surface area is 119 Å². The summed E-state index contributed by atoms with van der Waals surface area (Å²) < 4.78 is 0. The quantitative estimate of drug-likeness (QED) is 0.761. The summed E-state index contributed by atoms with van der Waals surface area (Å²) in [7, 11) is 0. The average molecular weight is 264 g/mol. The molecule has 0 saturated heterocycles. The first-order valence-corrected chi connectivity index (χ1v) is 8.22. The van der Waals surface area contributed by atoms with E-state index in [9.17, 15) is 5.11 Å². The molecule has 4 saturated carbocycles. The van der Waals surface area contributed by atoms with E-state index in [-0.39, 0.29) is 11.5 Å². The van der Waals surface area contributed by atoms with E-state index in [0.717, 1.165) is 12.3 Å². The van der Waals surface area contributed by atoms with E-state index in [2.05, 4.69) is 34.6 Å². The minimum absolute atomic E-state index is 0.0329. The van der Waals surface area contributed by atoms with Gasteiger partial charge in [0.1, 0.15) is 0 Å². The summed E-state index contributed by atoms with van der Waals surface area (Å²) in [5.41, 5.74) is 1.64. The van der Waals surface area contributed by atoms with Crippen LogP contribution in [0.3, 0.4) is 0 Å². The van der Waals surface area contributed by atoms with Crippen LogP contribution in [0.4, 0.5) is 0 Å². The lowest BCUT2D eigenvalue weighted by Gasteiger charge is -2.66. The number of aliphatic hydroxyl groups is 1. The van der Waals surface area contributed by atoms with Crippen molar-refractivity contribution in [1.82, 2.24) is 0 Å². The molecular formula is C18H32O. The van der Waals surface area contributed by atoms with Gasteiger partial charge in [0.05, 0.1) is 6.10 Å². The summed E-state index contributed by atoms with van der Waals surface area (Å²) in [5.74, 6) is 0.943. The topological polar surface area (TPSA) is 20.2 Å². The van der Waals surface area contributed by atoms with Gasteiger partial charge in [0, 0.05) is 0 Å². The van der Waals surface area contributed by atoms with Gasteiger partial charge in [-0.05, 0) is 72.5 Å². The molecule has 1 nitrogen and oxygen atoms in total. The summed E-state index contributed by atoms with van der Waals surface area (Å²) >= 11 is 0. The molecule has 4 bridgehead atoms. The van der Waals surface area contributed by atoms with Crippen molar-refractivity contribution in [2.24, 2.45) is 27.6 Å². The zero-order valence-electron chi connectivity index (χ0n) is 13.6. The van der Waals surface area contributed by atoms with Crippen molar-refractivity contribution in [3.8, 4) is 0 Å². The van der Waals surface area contributed by atoms with Gasteiger partial charge in [-0.1, -0.05) is 34.6 Å². The number of rotatable bonds is 2. The lowest BCUT2D eigenvalue weighted by Crippen LogP contribution is -2.56. The highest BCUT2D eigenvalue weighted by Gasteiger charge is 2.60. The Morgan fingerprint density at radius 3 is 1.95 bits per heavy atom. The molecular weight excluding hydrogens is 232 g/mol. The molecule has 3 atom stereocenters. The summed E-state index contributed by atoms with van der Waals surface area (Å²) in [4.78, 5) is 0. The molecule has 0 amide bonds. The predicted octanol–water partition coefficient (Wildman–Crippen LogP) is 4.78. The molecule has 19 heavy (non-hydrogen) atoms. The van der Waals surface area contributed by atoms with E-state index >= 15 is 0 Å². The van der Waals surface area contributed by atoms with Crippen LogP contribution in [0, 0.1) is 27.6 Å². The van der Waals surface area contributed by atoms with Crippen molar-refractivity contribution in [2.45, 2.75) is 85.7 Å². The maximum atomic E-state index is 10.6. The average Bonchev–Trinajstić information content (AvgIpc) is 2.07. The minimum Gasteiger partial charge on any atom is -0.393 e. The summed E-state index contributed by atoms with van der Waals surface area (Å²) in [6.45, 7) is 11.6. The first-order valence-electron chi connectivity index (χ1n) is 8.22. The van der Waals surface area contributed by atoms with Crippen molar-refractivity contribution >= 4 is 0 Å². The number of aliphatic hydroxyl groups excluding tert-OH is 1. The molecule has 0 aromatic carbocycles. The fraction of sp³-hybridized carbons (Fsp3) is 1.00. The van der Waals surface area contributed by atoms with Crippen molar-refractivity contribution in [2.75, 3.05) is 0 Å². The Morgan fingerprint density at radius 1 is 1.00 bits per heavy atom. The number of hydrogen-bond acceptors (Lipinski definition) is 1. The van der Waals surface area contributed by atoms with Gasteiger partial charge < -0.3 is 5.11 Å². The van der Waals surface area contributed by atoms with Crippen LogP contribution in [0.5, 0.6) is 0 Å². The van der Waals surface area contributed by atoms with Gasteiger partial charge in [-0.25, -0.2) is 0 Å². The van der Waals surface area contributed by atoms with E-state index < -0.39 is 0 Å². The predicted molar refractivity (Wildman–Crippen MR) is 79.9 cm³/mol. The lowest BCUT2D eigenvalue weighted by atomic mass is 9.39. The highest BCUT2D eigenvalue weighted by Crippen LogP contribution is 2.70. The first kappa shape index (κ1) is 13.9. The molecule has 1 N–H and O–H groups in total. The molecule has 0 radical (unpaired) electrons. The van der Waals surface area contributed by atoms with Crippen LogP contribution in [0.15, 0.2) is 0 Å². The van der Waals surface area contributed by atoms with Gasteiger partial charge >= 0.3 is 0 Å². The normalized spacial score (nSPS) is 50.5. The number of hydrogen-bond donors (Lipinski definition) is 1. The molecule has 0 aromatic heterocycles. The molecule has 110 valence electrons. The Morgan fingerprint density at radius 2 is 1.53 bits per heavy atom. The van der Waals surface area contributed by atoms with Crippen LogP contribution >= 0.6 is 0 Å². The van der Waals surface area contributed by atoms with E-state index in [1.807, 2.05) is 0 Å². The monoisotopic (exact) mass is 264 g/mol.